The SMILES string of the molecule is COc1cc(CCNC(=O)CSc2nnc(-c3cccs3)n2C)ccc1OC(F)F. The van der Waals surface area contributed by atoms with Gasteiger partial charge < -0.3 is 19.4 Å². The van der Waals surface area contributed by atoms with Gasteiger partial charge in [-0.25, -0.2) is 0 Å². The summed E-state index contributed by atoms with van der Waals surface area (Å²) in [4.78, 5) is 13.2. The normalized spacial score (nSPS) is 11.0. The van der Waals surface area contributed by atoms with Crippen LogP contribution in [-0.4, -0.2) is 46.7 Å². The fourth-order valence-electron chi connectivity index (χ4n) is 2.65. The molecule has 0 radical (unpaired) electrons. The van der Waals surface area contributed by atoms with E-state index in [4.69, 9.17) is 4.74 Å². The van der Waals surface area contributed by atoms with Crippen LogP contribution in [0, 0.1) is 0 Å². The molecule has 1 amide bonds. The molecule has 0 unspecified atom stereocenters. The maximum Gasteiger partial charge on any atom is 0.387 e. The van der Waals surface area contributed by atoms with E-state index in [1.165, 1.54) is 24.9 Å². The van der Waals surface area contributed by atoms with Gasteiger partial charge in [0.2, 0.25) is 5.91 Å². The molecule has 30 heavy (non-hydrogen) atoms. The lowest BCUT2D eigenvalue weighted by atomic mass is 10.1. The van der Waals surface area contributed by atoms with Crippen LogP contribution in [0.15, 0.2) is 40.9 Å². The number of thiophene rings is 1. The summed E-state index contributed by atoms with van der Waals surface area (Å²) in [5.41, 5.74) is 0.829. The third-order valence-electron chi connectivity index (χ3n) is 4.09. The number of rotatable bonds is 10. The minimum absolute atomic E-state index is 0.0257. The molecule has 11 heteroatoms. The number of hydrogen-bond donors (Lipinski definition) is 1. The van der Waals surface area contributed by atoms with Crippen molar-refractivity contribution < 1.29 is 23.0 Å². The van der Waals surface area contributed by atoms with Gasteiger partial charge in [-0.2, -0.15) is 8.78 Å². The number of aromatic nitrogens is 3. The van der Waals surface area contributed by atoms with Crippen molar-refractivity contribution in [1.82, 2.24) is 20.1 Å². The molecular formula is C19H20F2N4O3S2. The highest BCUT2D eigenvalue weighted by atomic mass is 32.2. The smallest absolute Gasteiger partial charge is 0.387 e. The Morgan fingerprint density at radius 1 is 1.30 bits per heavy atom. The highest BCUT2D eigenvalue weighted by Crippen LogP contribution is 2.29. The summed E-state index contributed by atoms with van der Waals surface area (Å²) in [6.07, 6.45) is 0.522. The lowest BCUT2D eigenvalue weighted by Gasteiger charge is -2.11. The van der Waals surface area contributed by atoms with Gasteiger partial charge in [-0.05, 0) is 35.6 Å². The van der Waals surface area contributed by atoms with Gasteiger partial charge in [-0.1, -0.05) is 23.9 Å². The van der Waals surface area contributed by atoms with E-state index in [9.17, 15) is 13.6 Å². The molecule has 0 saturated carbocycles. The predicted molar refractivity (Wildman–Crippen MR) is 111 cm³/mol. The number of hydrogen-bond acceptors (Lipinski definition) is 7. The van der Waals surface area contributed by atoms with Gasteiger partial charge in [0.25, 0.3) is 0 Å². The monoisotopic (exact) mass is 454 g/mol. The molecule has 3 aromatic rings. The van der Waals surface area contributed by atoms with Gasteiger partial charge in [0, 0.05) is 13.6 Å². The molecule has 0 aliphatic heterocycles. The molecule has 160 valence electrons. The summed E-state index contributed by atoms with van der Waals surface area (Å²) in [6.45, 7) is -2.52. The molecule has 0 bridgehead atoms. The number of alkyl halides is 2. The first-order valence-corrected chi connectivity index (χ1v) is 10.8. The van der Waals surface area contributed by atoms with Gasteiger partial charge in [-0.15, -0.1) is 21.5 Å². The zero-order valence-corrected chi connectivity index (χ0v) is 17.9. The number of nitrogens with one attached hydrogen (secondary N) is 1. The molecular weight excluding hydrogens is 434 g/mol. The summed E-state index contributed by atoms with van der Waals surface area (Å²) < 4.78 is 36.1. The van der Waals surface area contributed by atoms with Gasteiger partial charge in [0.15, 0.2) is 22.5 Å². The van der Waals surface area contributed by atoms with Crippen molar-refractivity contribution in [3.8, 4) is 22.2 Å². The first-order chi connectivity index (χ1) is 14.5. The number of methoxy groups -OCH3 is 1. The Bertz CT molecular complexity index is 980. The quantitative estimate of drug-likeness (QED) is 0.472. The van der Waals surface area contributed by atoms with Crippen LogP contribution in [0.5, 0.6) is 11.5 Å². The molecule has 1 N–H and O–H groups in total. The van der Waals surface area contributed by atoms with Crippen LogP contribution in [0.2, 0.25) is 0 Å². The largest absolute Gasteiger partial charge is 0.493 e. The Hall–Kier alpha value is -2.66. The molecule has 0 aliphatic carbocycles. The number of carbonyl (C=O) groups is 1. The van der Waals surface area contributed by atoms with Gasteiger partial charge in [-0.3, -0.25) is 4.79 Å². The van der Waals surface area contributed by atoms with E-state index in [1.807, 2.05) is 29.1 Å². The Kier molecular flexibility index (Phi) is 7.63. The zero-order chi connectivity index (χ0) is 21.5. The van der Waals surface area contributed by atoms with E-state index in [2.05, 4.69) is 20.3 Å². The standard InChI is InChI=1S/C19H20F2N4O3S2/c1-25-17(15-4-3-9-29-15)23-24-19(25)30-11-16(26)22-8-7-12-5-6-13(28-18(20)21)14(10-12)27-2/h3-6,9-10,18H,7-8,11H2,1-2H3,(H,22,26). The van der Waals surface area contributed by atoms with Gasteiger partial charge >= 0.3 is 6.61 Å². The number of halogens is 2. The second-order valence-electron chi connectivity index (χ2n) is 6.09. The average molecular weight is 455 g/mol. The molecule has 0 atom stereocenters. The van der Waals surface area contributed by atoms with Crippen LogP contribution in [-0.2, 0) is 18.3 Å². The predicted octanol–water partition coefficient (Wildman–Crippen LogP) is 3.60. The summed E-state index contributed by atoms with van der Waals surface area (Å²) >= 11 is 2.88. The summed E-state index contributed by atoms with van der Waals surface area (Å²) in [6, 6.07) is 8.62. The van der Waals surface area contributed by atoms with Crippen LogP contribution < -0.4 is 14.8 Å². The zero-order valence-electron chi connectivity index (χ0n) is 16.3. The molecule has 0 saturated heterocycles. The summed E-state index contributed by atoms with van der Waals surface area (Å²) in [5.74, 6) is 1.04. The number of amides is 1. The first kappa shape index (κ1) is 22.0. The molecule has 2 heterocycles. The third-order valence-corrected chi connectivity index (χ3v) is 5.97. The van der Waals surface area contributed by atoms with E-state index >= 15 is 0 Å². The molecule has 1 aromatic carbocycles. The molecule has 0 spiro atoms. The molecule has 2 aromatic heterocycles. The van der Waals surface area contributed by atoms with Crippen molar-refractivity contribution in [2.45, 2.75) is 18.2 Å². The van der Waals surface area contributed by atoms with E-state index < -0.39 is 6.61 Å². The molecule has 0 aliphatic rings. The van der Waals surface area contributed by atoms with Crippen molar-refractivity contribution in [2.24, 2.45) is 7.05 Å². The Morgan fingerprint density at radius 3 is 2.83 bits per heavy atom. The van der Waals surface area contributed by atoms with E-state index in [1.54, 1.807) is 23.5 Å². The second kappa shape index (κ2) is 10.4. The van der Waals surface area contributed by atoms with Crippen LogP contribution in [0.3, 0.4) is 0 Å². The number of nitrogens with zero attached hydrogens (tertiary/aromatic N) is 3. The van der Waals surface area contributed by atoms with Crippen molar-refractivity contribution >= 4 is 29.0 Å². The third kappa shape index (κ3) is 5.70. The van der Waals surface area contributed by atoms with E-state index in [0.29, 0.717) is 18.1 Å². The summed E-state index contributed by atoms with van der Waals surface area (Å²) in [5, 5.41) is 13.8. The minimum Gasteiger partial charge on any atom is -0.493 e. The van der Waals surface area contributed by atoms with E-state index in [0.717, 1.165) is 16.3 Å². The highest BCUT2D eigenvalue weighted by molar-refractivity contribution is 7.99. The van der Waals surface area contributed by atoms with Crippen LogP contribution in [0.4, 0.5) is 8.78 Å². The van der Waals surface area contributed by atoms with Crippen LogP contribution in [0.1, 0.15) is 5.56 Å². The molecule has 0 fully saturated rings. The molecule has 7 nitrogen and oxygen atoms in total. The maximum absolute atomic E-state index is 12.4. The lowest BCUT2D eigenvalue weighted by Crippen LogP contribution is -2.27. The van der Waals surface area contributed by atoms with Gasteiger partial charge in [0.1, 0.15) is 0 Å². The number of carbonyl (C=O) groups excluding carboxylic acids is 1. The van der Waals surface area contributed by atoms with Crippen molar-refractivity contribution in [3.63, 3.8) is 0 Å². The minimum atomic E-state index is -2.92. The second-order valence-corrected chi connectivity index (χ2v) is 7.99. The average Bonchev–Trinajstić information content (AvgIpc) is 3.36. The Labute approximate surface area is 180 Å². The molecule has 3 rings (SSSR count). The van der Waals surface area contributed by atoms with Crippen molar-refractivity contribution in [3.05, 3.63) is 41.3 Å². The van der Waals surface area contributed by atoms with E-state index in [-0.39, 0.29) is 23.2 Å². The first-order valence-electron chi connectivity index (χ1n) is 8.92. The summed E-state index contributed by atoms with van der Waals surface area (Å²) in [7, 11) is 3.25. The topological polar surface area (TPSA) is 78.3 Å². The Morgan fingerprint density at radius 2 is 2.13 bits per heavy atom. The lowest BCUT2D eigenvalue weighted by molar-refractivity contribution is -0.118. The van der Waals surface area contributed by atoms with Crippen molar-refractivity contribution in [2.75, 3.05) is 19.4 Å². The van der Waals surface area contributed by atoms with Gasteiger partial charge in [0.05, 0.1) is 17.7 Å². The van der Waals surface area contributed by atoms with Crippen LogP contribution in [0.25, 0.3) is 10.7 Å². The highest BCUT2D eigenvalue weighted by Gasteiger charge is 2.14. The van der Waals surface area contributed by atoms with Crippen molar-refractivity contribution in [1.29, 1.82) is 0 Å². The fraction of sp³-hybridized carbons (Fsp3) is 0.316. The fourth-order valence-corrected chi connectivity index (χ4v) is 4.13. The maximum atomic E-state index is 12.4. The number of thioether (sulfide) groups is 1. The number of ether oxygens (including phenoxy) is 2. The van der Waals surface area contributed by atoms with Crippen LogP contribution >= 0.6 is 23.1 Å². The number of benzene rings is 1. The Balaban J connectivity index is 1.46.